The predicted molar refractivity (Wildman–Crippen MR) is 66.7 cm³/mol. The molecule has 1 aliphatic carbocycles. The quantitative estimate of drug-likeness (QED) is 0.874. The van der Waals surface area contributed by atoms with Gasteiger partial charge in [0.05, 0.1) is 5.60 Å². The molecule has 0 aromatic carbocycles. The molecule has 0 amide bonds. The van der Waals surface area contributed by atoms with Crippen LogP contribution in [-0.4, -0.2) is 25.5 Å². The smallest absolute Gasteiger partial charge is 0.138 e. The first-order valence-corrected chi connectivity index (χ1v) is 6.65. The molecule has 1 aromatic rings. The van der Waals surface area contributed by atoms with Gasteiger partial charge in [0.2, 0.25) is 0 Å². The van der Waals surface area contributed by atoms with Gasteiger partial charge < -0.3 is 5.11 Å². The van der Waals surface area contributed by atoms with Crippen molar-refractivity contribution in [3.8, 4) is 0 Å². The van der Waals surface area contributed by atoms with Crippen molar-refractivity contribution in [2.45, 2.75) is 64.5 Å². The minimum absolute atomic E-state index is 0.305. The van der Waals surface area contributed by atoms with Crippen LogP contribution in [-0.2, 0) is 6.42 Å². The average Bonchev–Trinajstić information content (AvgIpc) is 2.85. The standard InChI is InChI=1S/C13H23N3O/c1-4-11-5-6-13(17,7-11)8-12-14-9-15-16(12)10(2)3/h9-11,17H,4-8H2,1-3H3. The van der Waals surface area contributed by atoms with Crippen LogP contribution in [0.15, 0.2) is 6.33 Å². The lowest BCUT2D eigenvalue weighted by atomic mass is 9.95. The Balaban J connectivity index is 2.08. The molecule has 1 N–H and O–H groups in total. The molecule has 0 aliphatic heterocycles. The van der Waals surface area contributed by atoms with Gasteiger partial charge in [-0.05, 0) is 39.0 Å². The molecular formula is C13H23N3O. The molecule has 0 spiro atoms. The van der Waals surface area contributed by atoms with Crippen LogP contribution >= 0.6 is 0 Å². The molecule has 0 bridgehead atoms. The minimum atomic E-state index is -0.555. The fourth-order valence-corrected chi connectivity index (χ4v) is 2.85. The highest BCUT2D eigenvalue weighted by molar-refractivity contribution is 4.99. The van der Waals surface area contributed by atoms with E-state index in [2.05, 4.69) is 30.9 Å². The van der Waals surface area contributed by atoms with Gasteiger partial charge in [0.1, 0.15) is 12.2 Å². The summed E-state index contributed by atoms with van der Waals surface area (Å²) in [5.74, 6) is 1.59. The fraction of sp³-hybridized carbons (Fsp3) is 0.846. The normalized spacial score (nSPS) is 29.1. The Bertz CT molecular complexity index is 374. The van der Waals surface area contributed by atoms with E-state index in [0.717, 1.165) is 25.1 Å². The number of rotatable bonds is 4. The summed E-state index contributed by atoms with van der Waals surface area (Å²) in [6.45, 7) is 6.38. The summed E-state index contributed by atoms with van der Waals surface area (Å²) in [7, 11) is 0. The second kappa shape index (κ2) is 4.77. The molecule has 4 heteroatoms. The van der Waals surface area contributed by atoms with Gasteiger partial charge in [0, 0.05) is 12.5 Å². The Hall–Kier alpha value is -0.900. The molecule has 2 atom stereocenters. The molecule has 2 unspecified atom stereocenters. The zero-order valence-corrected chi connectivity index (χ0v) is 11.1. The maximum absolute atomic E-state index is 10.6. The second-order valence-corrected chi connectivity index (χ2v) is 5.63. The van der Waals surface area contributed by atoms with Crippen molar-refractivity contribution < 1.29 is 5.11 Å². The summed E-state index contributed by atoms with van der Waals surface area (Å²) in [5, 5.41) is 14.8. The summed E-state index contributed by atoms with van der Waals surface area (Å²) in [4.78, 5) is 4.29. The average molecular weight is 237 g/mol. The molecule has 1 aromatic heterocycles. The fourth-order valence-electron chi connectivity index (χ4n) is 2.85. The van der Waals surface area contributed by atoms with E-state index in [1.54, 1.807) is 6.33 Å². The van der Waals surface area contributed by atoms with Gasteiger partial charge >= 0.3 is 0 Å². The largest absolute Gasteiger partial charge is 0.389 e. The molecule has 1 aliphatic rings. The molecule has 17 heavy (non-hydrogen) atoms. The number of aliphatic hydroxyl groups is 1. The van der Waals surface area contributed by atoms with E-state index in [9.17, 15) is 5.11 Å². The van der Waals surface area contributed by atoms with Crippen molar-refractivity contribution >= 4 is 0 Å². The Morgan fingerprint density at radius 2 is 2.35 bits per heavy atom. The Labute approximate surface area is 103 Å². The third-order valence-electron chi connectivity index (χ3n) is 3.89. The van der Waals surface area contributed by atoms with E-state index in [-0.39, 0.29) is 0 Å². The van der Waals surface area contributed by atoms with Crippen molar-refractivity contribution in [2.75, 3.05) is 0 Å². The topological polar surface area (TPSA) is 50.9 Å². The van der Waals surface area contributed by atoms with Crippen molar-refractivity contribution in [2.24, 2.45) is 5.92 Å². The summed E-state index contributed by atoms with van der Waals surface area (Å²) in [6.07, 6.45) is 6.35. The number of aromatic nitrogens is 3. The molecule has 4 nitrogen and oxygen atoms in total. The zero-order chi connectivity index (χ0) is 12.5. The molecule has 1 fully saturated rings. The van der Waals surface area contributed by atoms with E-state index in [4.69, 9.17) is 0 Å². The number of hydrogen-bond donors (Lipinski definition) is 1. The SMILES string of the molecule is CCC1CCC(O)(Cc2ncnn2C(C)C)C1. The van der Waals surface area contributed by atoms with Gasteiger partial charge in [-0.15, -0.1) is 0 Å². The van der Waals surface area contributed by atoms with Crippen LogP contribution in [0.2, 0.25) is 0 Å². The van der Waals surface area contributed by atoms with E-state index in [0.29, 0.717) is 18.4 Å². The highest BCUT2D eigenvalue weighted by atomic mass is 16.3. The Kier molecular flexibility index (Phi) is 3.52. The van der Waals surface area contributed by atoms with Crippen molar-refractivity contribution in [1.29, 1.82) is 0 Å². The van der Waals surface area contributed by atoms with Crippen LogP contribution in [0.1, 0.15) is 58.3 Å². The van der Waals surface area contributed by atoms with Gasteiger partial charge in [0.15, 0.2) is 0 Å². The van der Waals surface area contributed by atoms with Crippen LogP contribution in [0, 0.1) is 5.92 Å². The Morgan fingerprint density at radius 3 is 2.94 bits per heavy atom. The number of hydrogen-bond acceptors (Lipinski definition) is 3. The lowest BCUT2D eigenvalue weighted by Crippen LogP contribution is -2.30. The molecule has 1 saturated carbocycles. The van der Waals surface area contributed by atoms with Crippen molar-refractivity contribution in [3.05, 3.63) is 12.2 Å². The van der Waals surface area contributed by atoms with Gasteiger partial charge in [-0.3, -0.25) is 0 Å². The van der Waals surface area contributed by atoms with Gasteiger partial charge in [0.25, 0.3) is 0 Å². The lowest BCUT2D eigenvalue weighted by Gasteiger charge is -2.23. The maximum atomic E-state index is 10.6. The van der Waals surface area contributed by atoms with Crippen LogP contribution < -0.4 is 0 Å². The van der Waals surface area contributed by atoms with Crippen LogP contribution in [0.4, 0.5) is 0 Å². The molecule has 0 radical (unpaired) electrons. The molecule has 1 heterocycles. The summed E-state index contributed by atoms with van der Waals surface area (Å²) < 4.78 is 1.91. The summed E-state index contributed by atoms with van der Waals surface area (Å²) in [5.41, 5.74) is -0.555. The van der Waals surface area contributed by atoms with E-state index >= 15 is 0 Å². The Morgan fingerprint density at radius 1 is 1.59 bits per heavy atom. The maximum Gasteiger partial charge on any atom is 0.138 e. The first kappa shape index (κ1) is 12.6. The molecule has 2 rings (SSSR count). The van der Waals surface area contributed by atoms with Crippen molar-refractivity contribution in [1.82, 2.24) is 14.8 Å². The van der Waals surface area contributed by atoms with Gasteiger partial charge in [-0.2, -0.15) is 5.10 Å². The monoisotopic (exact) mass is 237 g/mol. The number of nitrogens with zero attached hydrogens (tertiary/aromatic N) is 3. The van der Waals surface area contributed by atoms with Crippen LogP contribution in [0.5, 0.6) is 0 Å². The lowest BCUT2D eigenvalue weighted by molar-refractivity contribution is 0.0403. The highest BCUT2D eigenvalue weighted by Crippen LogP contribution is 2.38. The highest BCUT2D eigenvalue weighted by Gasteiger charge is 2.37. The van der Waals surface area contributed by atoms with E-state index in [1.165, 1.54) is 6.42 Å². The first-order chi connectivity index (χ1) is 8.04. The van der Waals surface area contributed by atoms with Crippen LogP contribution in [0.3, 0.4) is 0 Å². The molecule has 96 valence electrons. The third-order valence-corrected chi connectivity index (χ3v) is 3.89. The van der Waals surface area contributed by atoms with Crippen LogP contribution in [0.25, 0.3) is 0 Å². The summed E-state index contributed by atoms with van der Waals surface area (Å²) in [6, 6.07) is 0.305. The predicted octanol–water partition coefficient (Wildman–Crippen LogP) is 2.34. The summed E-state index contributed by atoms with van der Waals surface area (Å²) >= 11 is 0. The van der Waals surface area contributed by atoms with Gasteiger partial charge in [-0.1, -0.05) is 13.3 Å². The molecular weight excluding hydrogens is 214 g/mol. The van der Waals surface area contributed by atoms with Gasteiger partial charge in [-0.25, -0.2) is 9.67 Å². The second-order valence-electron chi connectivity index (χ2n) is 5.63. The third kappa shape index (κ3) is 2.68. The molecule has 0 saturated heterocycles. The zero-order valence-electron chi connectivity index (χ0n) is 11.1. The van der Waals surface area contributed by atoms with Crippen molar-refractivity contribution in [3.63, 3.8) is 0 Å². The minimum Gasteiger partial charge on any atom is -0.389 e. The first-order valence-electron chi connectivity index (χ1n) is 6.65. The van der Waals surface area contributed by atoms with E-state index < -0.39 is 5.60 Å². The van der Waals surface area contributed by atoms with E-state index in [1.807, 2.05) is 4.68 Å².